The number of hydrogen-bond donors (Lipinski definition) is 1. The first-order valence-corrected chi connectivity index (χ1v) is 9.58. The largest absolute Gasteiger partial charge is 0.388 e. The van der Waals surface area contributed by atoms with Crippen molar-refractivity contribution in [3.05, 3.63) is 90.8 Å². The van der Waals surface area contributed by atoms with Crippen molar-refractivity contribution in [2.45, 2.75) is 11.3 Å². The molecular formula is C21H18N4OS. The molecule has 0 radical (unpaired) electrons. The number of aliphatic hydroxyl groups is 1. The Kier molecular flexibility index (Phi) is 5.27. The monoisotopic (exact) mass is 374 g/mol. The smallest absolute Gasteiger partial charge is 0.196 e. The van der Waals surface area contributed by atoms with Gasteiger partial charge in [-0.2, -0.15) is 0 Å². The number of hydrogen-bond acceptors (Lipinski definition) is 5. The Morgan fingerprint density at radius 2 is 1.63 bits per heavy atom. The van der Waals surface area contributed by atoms with Crippen molar-refractivity contribution in [1.29, 1.82) is 0 Å². The molecule has 2 aromatic heterocycles. The summed E-state index contributed by atoms with van der Waals surface area (Å²) in [6, 6.07) is 23.5. The van der Waals surface area contributed by atoms with E-state index in [1.807, 2.05) is 77.4 Å². The molecule has 1 unspecified atom stereocenters. The Bertz CT molecular complexity index is 991. The lowest BCUT2D eigenvalue weighted by atomic mass is 10.1. The highest BCUT2D eigenvalue weighted by Gasteiger charge is 2.18. The minimum atomic E-state index is -0.570. The van der Waals surface area contributed by atoms with Gasteiger partial charge in [-0.1, -0.05) is 60.3 Å². The van der Waals surface area contributed by atoms with Crippen LogP contribution in [0.1, 0.15) is 11.7 Å². The number of pyridine rings is 1. The Morgan fingerprint density at radius 3 is 2.33 bits per heavy atom. The van der Waals surface area contributed by atoms with E-state index in [0.29, 0.717) is 5.75 Å². The van der Waals surface area contributed by atoms with Gasteiger partial charge in [-0.3, -0.25) is 9.55 Å². The molecule has 0 saturated heterocycles. The summed E-state index contributed by atoms with van der Waals surface area (Å²) in [6.07, 6.45) is 2.94. The summed E-state index contributed by atoms with van der Waals surface area (Å²) in [5.74, 6) is 1.22. The maximum atomic E-state index is 10.5. The Hall–Kier alpha value is -2.96. The standard InChI is InChI=1S/C21H18N4OS/c26-19(16-8-3-1-4-9-16)15-27-21-24-23-20(17-10-7-13-22-14-17)25(21)18-11-5-2-6-12-18/h1-14,19,26H,15H2. The summed E-state index contributed by atoms with van der Waals surface area (Å²) in [4.78, 5) is 4.19. The maximum Gasteiger partial charge on any atom is 0.196 e. The van der Waals surface area contributed by atoms with E-state index >= 15 is 0 Å². The molecule has 0 saturated carbocycles. The summed E-state index contributed by atoms with van der Waals surface area (Å²) in [7, 11) is 0. The average molecular weight is 374 g/mol. The van der Waals surface area contributed by atoms with Crippen molar-refractivity contribution in [3.8, 4) is 17.1 Å². The molecule has 0 amide bonds. The fourth-order valence-corrected chi connectivity index (χ4v) is 3.70. The summed E-state index contributed by atoms with van der Waals surface area (Å²) >= 11 is 1.48. The second-order valence-electron chi connectivity index (χ2n) is 5.96. The van der Waals surface area contributed by atoms with Gasteiger partial charge in [-0.25, -0.2) is 0 Å². The van der Waals surface area contributed by atoms with E-state index < -0.39 is 6.10 Å². The molecular weight excluding hydrogens is 356 g/mol. The lowest BCUT2D eigenvalue weighted by Crippen LogP contribution is -2.03. The Balaban J connectivity index is 1.66. The van der Waals surface area contributed by atoms with Crippen LogP contribution in [0, 0.1) is 0 Å². The molecule has 4 rings (SSSR count). The van der Waals surface area contributed by atoms with Gasteiger partial charge >= 0.3 is 0 Å². The number of aliphatic hydroxyl groups excluding tert-OH is 1. The number of para-hydroxylation sites is 1. The first-order chi connectivity index (χ1) is 13.3. The molecule has 0 aliphatic heterocycles. The highest BCUT2D eigenvalue weighted by Crippen LogP contribution is 2.29. The zero-order chi connectivity index (χ0) is 18.5. The van der Waals surface area contributed by atoms with Gasteiger partial charge in [-0.15, -0.1) is 10.2 Å². The van der Waals surface area contributed by atoms with Gasteiger partial charge in [0.1, 0.15) is 0 Å². The summed E-state index contributed by atoms with van der Waals surface area (Å²) in [5.41, 5.74) is 2.76. The minimum absolute atomic E-state index is 0.488. The van der Waals surface area contributed by atoms with Crippen LogP contribution in [0.3, 0.4) is 0 Å². The number of rotatable bonds is 6. The van der Waals surface area contributed by atoms with Crippen molar-refractivity contribution < 1.29 is 5.11 Å². The Labute approximate surface area is 161 Å². The van der Waals surface area contributed by atoms with E-state index in [1.54, 1.807) is 12.4 Å². The molecule has 134 valence electrons. The minimum Gasteiger partial charge on any atom is -0.388 e. The molecule has 0 aliphatic carbocycles. The third-order valence-corrected chi connectivity index (χ3v) is 5.13. The second kappa shape index (κ2) is 8.16. The normalized spacial score (nSPS) is 12.0. The van der Waals surface area contributed by atoms with Crippen molar-refractivity contribution in [2.75, 3.05) is 5.75 Å². The van der Waals surface area contributed by atoms with Gasteiger partial charge in [-0.05, 0) is 29.8 Å². The summed E-state index contributed by atoms with van der Waals surface area (Å²) in [5, 5.41) is 20.0. The van der Waals surface area contributed by atoms with Crippen LogP contribution >= 0.6 is 11.8 Å². The van der Waals surface area contributed by atoms with Gasteiger partial charge in [0, 0.05) is 29.4 Å². The molecule has 4 aromatic rings. The molecule has 1 atom stereocenters. The van der Waals surface area contributed by atoms with Gasteiger partial charge in [0.15, 0.2) is 11.0 Å². The van der Waals surface area contributed by atoms with Gasteiger partial charge in [0.25, 0.3) is 0 Å². The van der Waals surface area contributed by atoms with E-state index in [1.165, 1.54) is 11.8 Å². The fourth-order valence-electron chi connectivity index (χ4n) is 2.78. The number of nitrogens with zero attached hydrogens (tertiary/aromatic N) is 4. The van der Waals surface area contributed by atoms with Crippen LogP contribution in [0.2, 0.25) is 0 Å². The van der Waals surface area contributed by atoms with E-state index in [4.69, 9.17) is 0 Å². The summed E-state index contributed by atoms with van der Waals surface area (Å²) in [6.45, 7) is 0. The predicted octanol–water partition coefficient (Wildman–Crippen LogP) is 4.16. The molecule has 27 heavy (non-hydrogen) atoms. The van der Waals surface area contributed by atoms with E-state index in [9.17, 15) is 5.11 Å². The highest BCUT2D eigenvalue weighted by molar-refractivity contribution is 7.99. The molecule has 6 heteroatoms. The molecule has 0 aliphatic rings. The van der Waals surface area contributed by atoms with Gasteiger partial charge in [0.05, 0.1) is 6.10 Å². The number of thioether (sulfide) groups is 1. The molecule has 0 bridgehead atoms. The van der Waals surface area contributed by atoms with Crippen LogP contribution in [0.4, 0.5) is 0 Å². The van der Waals surface area contributed by atoms with Gasteiger partial charge < -0.3 is 5.11 Å². The quantitative estimate of drug-likeness (QED) is 0.514. The fraction of sp³-hybridized carbons (Fsp3) is 0.0952. The maximum absolute atomic E-state index is 10.5. The predicted molar refractivity (Wildman–Crippen MR) is 107 cm³/mol. The zero-order valence-corrected chi connectivity index (χ0v) is 15.3. The molecule has 2 heterocycles. The lowest BCUT2D eigenvalue weighted by molar-refractivity contribution is 0.204. The lowest BCUT2D eigenvalue weighted by Gasteiger charge is -2.12. The average Bonchev–Trinajstić information content (AvgIpc) is 3.18. The van der Waals surface area contributed by atoms with Crippen LogP contribution < -0.4 is 0 Å². The molecule has 0 fully saturated rings. The van der Waals surface area contributed by atoms with Crippen molar-refractivity contribution in [2.24, 2.45) is 0 Å². The topological polar surface area (TPSA) is 63.8 Å². The number of aromatic nitrogens is 4. The molecule has 0 spiro atoms. The molecule has 2 aromatic carbocycles. The first-order valence-electron chi connectivity index (χ1n) is 8.60. The molecule has 5 nitrogen and oxygen atoms in total. The van der Waals surface area contributed by atoms with E-state index in [0.717, 1.165) is 27.8 Å². The van der Waals surface area contributed by atoms with Gasteiger partial charge in [0.2, 0.25) is 0 Å². The third kappa shape index (κ3) is 3.92. The van der Waals surface area contributed by atoms with Crippen molar-refractivity contribution in [3.63, 3.8) is 0 Å². The summed E-state index contributed by atoms with van der Waals surface area (Å²) < 4.78 is 2.00. The van der Waals surface area contributed by atoms with Crippen molar-refractivity contribution in [1.82, 2.24) is 19.7 Å². The van der Waals surface area contributed by atoms with Crippen LogP contribution in [-0.4, -0.2) is 30.6 Å². The van der Waals surface area contributed by atoms with Crippen LogP contribution in [0.5, 0.6) is 0 Å². The SMILES string of the molecule is OC(CSc1nnc(-c2cccnc2)n1-c1ccccc1)c1ccccc1. The number of benzene rings is 2. The Morgan fingerprint density at radius 1 is 0.889 bits per heavy atom. The van der Waals surface area contributed by atoms with Crippen molar-refractivity contribution >= 4 is 11.8 Å². The second-order valence-corrected chi connectivity index (χ2v) is 6.94. The first kappa shape index (κ1) is 17.5. The van der Waals surface area contributed by atoms with Crippen LogP contribution in [0.25, 0.3) is 17.1 Å². The third-order valence-electron chi connectivity index (χ3n) is 4.12. The van der Waals surface area contributed by atoms with Crippen LogP contribution in [-0.2, 0) is 0 Å². The molecule has 1 N–H and O–H groups in total. The van der Waals surface area contributed by atoms with E-state index in [2.05, 4.69) is 15.2 Å². The van der Waals surface area contributed by atoms with E-state index in [-0.39, 0.29) is 0 Å². The highest BCUT2D eigenvalue weighted by atomic mass is 32.2. The van der Waals surface area contributed by atoms with Crippen LogP contribution in [0.15, 0.2) is 90.3 Å². The zero-order valence-electron chi connectivity index (χ0n) is 14.5.